The number of rotatable bonds is 11. The van der Waals surface area contributed by atoms with E-state index in [4.69, 9.17) is 17.3 Å². The van der Waals surface area contributed by atoms with Crippen LogP contribution in [0.3, 0.4) is 0 Å². The molecule has 0 bridgehead atoms. The molecule has 0 radical (unpaired) electrons. The Labute approximate surface area is 149 Å². The van der Waals surface area contributed by atoms with Crippen LogP contribution in [-0.2, 0) is 4.79 Å². The van der Waals surface area contributed by atoms with Crippen molar-refractivity contribution in [2.45, 2.75) is 36.9 Å². The van der Waals surface area contributed by atoms with E-state index in [1.807, 2.05) is 6.26 Å². The van der Waals surface area contributed by atoms with Gasteiger partial charge in [-0.05, 0) is 18.4 Å². The number of hydrogen-bond acceptors (Lipinski definition) is 8. The Balaban J connectivity index is 5.03. The Morgan fingerprint density at radius 3 is 2.13 bits per heavy atom. The lowest BCUT2D eigenvalue weighted by atomic mass is 10.0. The van der Waals surface area contributed by atoms with Gasteiger partial charge in [-0.2, -0.15) is 11.8 Å². The average molecular weight is 390 g/mol. The van der Waals surface area contributed by atoms with Gasteiger partial charge in [0, 0.05) is 6.54 Å². The van der Waals surface area contributed by atoms with Crippen molar-refractivity contribution >= 4 is 46.9 Å². The Bertz CT molecular complexity index is 388. The van der Waals surface area contributed by atoms with Crippen molar-refractivity contribution in [3.05, 3.63) is 0 Å². The van der Waals surface area contributed by atoms with Crippen LogP contribution in [0.4, 0.5) is 0 Å². The number of thiocarbonyl (C=S) groups is 1. The van der Waals surface area contributed by atoms with Crippen LogP contribution >= 0.6 is 36.6 Å². The van der Waals surface area contributed by atoms with Crippen LogP contribution in [0.25, 0.3) is 0 Å². The highest BCUT2D eigenvalue weighted by molar-refractivity contribution is 8.10. The second-order valence-corrected chi connectivity index (χ2v) is 6.97. The molecule has 0 fully saturated rings. The predicted octanol–water partition coefficient (Wildman–Crippen LogP) is -1.85. The molecule has 0 aliphatic rings. The normalized spacial score (nSPS) is 17.9. The summed E-state index contributed by atoms with van der Waals surface area (Å²) in [7, 11) is 0. The van der Waals surface area contributed by atoms with E-state index in [2.05, 4.69) is 12.6 Å². The molecular weight excluding hydrogens is 366 g/mol. The molecule has 0 aromatic carbocycles. The SMILES string of the molecule is CSCC[C@@H](C(=O)O)N(C[C@H](O)[C@@H](O)[C@H](O)[C@H](O)CO)C(=S)S. The number of thiol groups is 1. The Kier molecular flexibility index (Phi) is 11.4. The molecule has 0 aliphatic heterocycles. The summed E-state index contributed by atoms with van der Waals surface area (Å²) in [5, 5.41) is 56.7. The van der Waals surface area contributed by atoms with Crippen molar-refractivity contribution in [2.24, 2.45) is 0 Å². The molecule has 0 aromatic heterocycles. The van der Waals surface area contributed by atoms with Crippen molar-refractivity contribution < 1.29 is 35.4 Å². The molecule has 0 aliphatic carbocycles. The van der Waals surface area contributed by atoms with Crippen LogP contribution in [0.2, 0.25) is 0 Å². The molecule has 23 heavy (non-hydrogen) atoms. The average Bonchev–Trinajstić information content (AvgIpc) is 2.50. The molecule has 8 nitrogen and oxygen atoms in total. The maximum atomic E-state index is 11.4. The highest BCUT2D eigenvalue weighted by atomic mass is 32.2. The highest BCUT2D eigenvalue weighted by Crippen LogP contribution is 2.15. The topological polar surface area (TPSA) is 142 Å². The monoisotopic (exact) mass is 389 g/mol. The minimum absolute atomic E-state index is 0.0815. The van der Waals surface area contributed by atoms with Crippen LogP contribution in [-0.4, -0.2) is 101 Å². The Morgan fingerprint density at radius 2 is 1.74 bits per heavy atom. The molecule has 136 valence electrons. The summed E-state index contributed by atoms with van der Waals surface area (Å²) in [5.74, 6) is -0.623. The summed E-state index contributed by atoms with van der Waals surface area (Å²) in [4.78, 5) is 12.5. The third kappa shape index (κ3) is 7.52. The minimum atomic E-state index is -1.79. The Morgan fingerprint density at radius 1 is 1.22 bits per heavy atom. The fraction of sp³-hybridized carbons (Fsp3) is 0.833. The smallest absolute Gasteiger partial charge is 0.326 e. The van der Waals surface area contributed by atoms with Gasteiger partial charge in [0.05, 0.1) is 6.61 Å². The summed E-state index contributed by atoms with van der Waals surface area (Å²) in [6, 6.07) is -1.05. The van der Waals surface area contributed by atoms with Gasteiger partial charge in [-0.1, -0.05) is 12.2 Å². The molecule has 6 N–H and O–H groups in total. The fourth-order valence-corrected chi connectivity index (χ4v) is 2.74. The third-order valence-electron chi connectivity index (χ3n) is 3.21. The number of aliphatic hydroxyl groups is 5. The van der Waals surface area contributed by atoms with E-state index in [0.717, 1.165) is 4.90 Å². The first-order valence-electron chi connectivity index (χ1n) is 6.71. The molecular formula is C12H23NO7S3. The summed E-state index contributed by atoms with van der Waals surface area (Å²) in [6.07, 6.45) is -4.78. The molecule has 0 unspecified atom stereocenters. The molecule has 0 spiro atoms. The number of carbonyl (C=O) groups is 1. The summed E-state index contributed by atoms with van der Waals surface area (Å²) < 4.78 is -0.0815. The van der Waals surface area contributed by atoms with Crippen molar-refractivity contribution in [3.8, 4) is 0 Å². The number of hydrogen-bond donors (Lipinski definition) is 7. The molecule has 0 amide bonds. The van der Waals surface area contributed by atoms with Crippen molar-refractivity contribution in [3.63, 3.8) is 0 Å². The van der Waals surface area contributed by atoms with Gasteiger partial charge >= 0.3 is 5.97 Å². The zero-order chi connectivity index (χ0) is 18.2. The first kappa shape index (κ1) is 22.9. The van der Waals surface area contributed by atoms with Gasteiger partial charge in [0.2, 0.25) is 0 Å². The molecule has 0 aromatic rings. The number of aliphatic carboxylic acids is 1. The number of nitrogens with zero attached hydrogens (tertiary/aromatic N) is 1. The summed E-state index contributed by atoms with van der Waals surface area (Å²) in [5.41, 5.74) is 0. The lowest BCUT2D eigenvalue weighted by Crippen LogP contribution is -2.53. The molecule has 11 heteroatoms. The first-order valence-corrected chi connectivity index (χ1v) is 8.96. The largest absolute Gasteiger partial charge is 0.480 e. The van der Waals surface area contributed by atoms with Crippen LogP contribution in [0.1, 0.15) is 6.42 Å². The van der Waals surface area contributed by atoms with E-state index < -0.39 is 49.6 Å². The van der Waals surface area contributed by atoms with Gasteiger partial charge in [-0.25, -0.2) is 4.79 Å². The lowest BCUT2D eigenvalue weighted by molar-refractivity contribution is -0.143. The van der Waals surface area contributed by atoms with E-state index in [9.17, 15) is 30.3 Å². The maximum absolute atomic E-state index is 11.4. The first-order chi connectivity index (χ1) is 10.7. The number of thioether (sulfide) groups is 1. The van der Waals surface area contributed by atoms with E-state index in [0.29, 0.717) is 5.75 Å². The number of carboxylic acid groups (broad SMARTS) is 1. The molecule has 5 atom stereocenters. The van der Waals surface area contributed by atoms with Crippen molar-refractivity contribution in [1.82, 2.24) is 4.90 Å². The van der Waals surface area contributed by atoms with Gasteiger partial charge in [0.15, 0.2) is 0 Å². The van der Waals surface area contributed by atoms with E-state index in [1.54, 1.807) is 0 Å². The molecule has 0 saturated heterocycles. The van der Waals surface area contributed by atoms with E-state index >= 15 is 0 Å². The van der Waals surface area contributed by atoms with Gasteiger partial charge in [-0.15, -0.1) is 12.6 Å². The maximum Gasteiger partial charge on any atom is 0.326 e. The van der Waals surface area contributed by atoms with Crippen LogP contribution in [0.5, 0.6) is 0 Å². The number of aliphatic hydroxyl groups excluding tert-OH is 5. The van der Waals surface area contributed by atoms with Crippen molar-refractivity contribution in [1.29, 1.82) is 0 Å². The second-order valence-electron chi connectivity index (χ2n) is 4.87. The van der Waals surface area contributed by atoms with E-state index in [1.165, 1.54) is 11.8 Å². The van der Waals surface area contributed by atoms with Gasteiger partial charge in [-0.3, -0.25) is 0 Å². The summed E-state index contributed by atoms with van der Waals surface area (Å²) >= 11 is 10.3. The standard InChI is InChI=1S/C12H23NO7S3/c1-23-3-2-6(11(19)20)13(12(21)22)4-7(15)9(17)10(18)8(16)5-14/h6-10,14-18H,2-5H2,1H3,(H,19,20)(H,21,22)/t6-,7-,8+,9+,10+/m0/s1. The fourth-order valence-electron chi connectivity index (χ4n) is 1.85. The van der Waals surface area contributed by atoms with Crippen LogP contribution in [0, 0.1) is 0 Å². The Hall–Kier alpha value is -0.140. The van der Waals surface area contributed by atoms with Crippen molar-refractivity contribution in [2.75, 3.05) is 25.2 Å². The summed E-state index contributed by atoms with van der Waals surface area (Å²) in [6.45, 7) is -1.20. The molecule has 0 rings (SSSR count). The third-order valence-corrected chi connectivity index (χ3v) is 4.35. The predicted molar refractivity (Wildman–Crippen MR) is 93.8 cm³/mol. The number of carboxylic acids is 1. The molecule has 0 saturated carbocycles. The van der Waals surface area contributed by atoms with Gasteiger partial charge in [0.1, 0.15) is 34.8 Å². The highest BCUT2D eigenvalue weighted by Gasteiger charge is 2.34. The van der Waals surface area contributed by atoms with Crippen LogP contribution in [0.15, 0.2) is 0 Å². The minimum Gasteiger partial charge on any atom is -0.480 e. The zero-order valence-electron chi connectivity index (χ0n) is 12.5. The zero-order valence-corrected chi connectivity index (χ0v) is 15.0. The van der Waals surface area contributed by atoms with E-state index in [-0.39, 0.29) is 10.7 Å². The quantitative estimate of drug-likeness (QED) is 0.159. The van der Waals surface area contributed by atoms with Gasteiger partial charge in [0.25, 0.3) is 0 Å². The second kappa shape index (κ2) is 11.4. The van der Waals surface area contributed by atoms with Crippen LogP contribution < -0.4 is 0 Å². The molecule has 0 heterocycles. The lowest BCUT2D eigenvalue weighted by Gasteiger charge is -2.34. The van der Waals surface area contributed by atoms with Gasteiger partial charge < -0.3 is 35.5 Å².